The first-order chi connectivity index (χ1) is 31.9. The van der Waals surface area contributed by atoms with Gasteiger partial charge in [0.25, 0.3) is 0 Å². The van der Waals surface area contributed by atoms with Crippen LogP contribution in [0.15, 0.2) is 0 Å². The quantitative estimate of drug-likeness (QED) is 0.0475. The van der Waals surface area contributed by atoms with Crippen LogP contribution in [0.4, 0.5) is 0 Å². The number of rotatable bonds is 21. The second-order valence-corrected chi connectivity index (χ2v) is 16.7. The zero-order chi connectivity index (χ0) is 49.4. The molecule has 0 spiro atoms. The van der Waals surface area contributed by atoms with Crippen LogP contribution in [0.25, 0.3) is 0 Å². The molecule has 5 rings (SSSR count). The van der Waals surface area contributed by atoms with Gasteiger partial charge in [0.15, 0.2) is 31.3 Å². The highest BCUT2D eigenvalue weighted by Crippen LogP contribution is 2.35. The lowest BCUT2D eigenvalue weighted by Crippen LogP contribution is -2.67. The highest BCUT2D eigenvalue weighted by Gasteiger charge is 2.55. The van der Waals surface area contributed by atoms with Gasteiger partial charge in [-0.05, 0) is 6.92 Å². The molecule has 28 nitrogen and oxygen atoms in total. The fourth-order valence-corrected chi connectivity index (χ4v) is 8.65. The molecule has 5 aliphatic heterocycles. The predicted molar refractivity (Wildman–Crippen MR) is 211 cm³/mol. The normalized spacial score (nSPS) is 46.8. The van der Waals surface area contributed by atoms with Gasteiger partial charge in [-0.1, -0.05) is 0 Å². The minimum atomic E-state index is -2.09. The molecule has 5 heterocycles. The van der Waals surface area contributed by atoms with Crippen molar-refractivity contribution in [2.45, 2.75) is 173 Å². The van der Waals surface area contributed by atoms with E-state index in [1.54, 1.807) is 0 Å². The van der Waals surface area contributed by atoms with Crippen molar-refractivity contribution in [2.24, 2.45) is 0 Å². The fourth-order valence-electron chi connectivity index (χ4n) is 8.65. The number of aliphatic hydroxyl groups is 13. The van der Waals surface area contributed by atoms with Crippen LogP contribution in [-0.4, -0.2) is 299 Å². The molecule has 26 unspecified atom stereocenters. The molecule has 0 saturated carbocycles. The van der Waals surface area contributed by atoms with Gasteiger partial charge in [0, 0.05) is 28.3 Å². The third-order valence-electron chi connectivity index (χ3n) is 12.2. The first-order valence-electron chi connectivity index (χ1n) is 21.6. The Morgan fingerprint density at radius 2 is 0.881 bits per heavy atom. The van der Waals surface area contributed by atoms with Gasteiger partial charge >= 0.3 is 5.97 Å². The highest BCUT2D eigenvalue weighted by molar-refractivity contribution is 5.66. The molecule has 0 aromatic carbocycles. The summed E-state index contributed by atoms with van der Waals surface area (Å²) in [4.78, 5) is 11.9. The molecule has 5 saturated heterocycles. The molecule has 392 valence electrons. The van der Waals surface area contributed by atoms with Gasteiger partial charge in [0.05, 0.1) is 52.4 Å². The van der Waals surface area contributed by atoms with Crippen LogP contribution in [0, 0.1) is 0 Å². The van der Waals surface area contributed by atoms with E-state index in [1.165, 1.54) is 28.3 Å². The van der Waals surface area contributed by atoms with E-state index in [4.69, 9.17) is 66.3 Å². The lowest BCUT2D eigenvalue weighted by Gasteiger charge is -2.49. The van der Waals surface area contributed by atoms with Crippen molar-refractivity contribution in [3.8, 4) is 0 Å². The standard InChI is InChI=1S/C39H68O28/c1-13-29(61-14(2)44)27(52)33(19(9-43)60-13)66-38-26(51)23(48)34(20(65-38)12-59-37-25(50)21(46)30(54-3)16(6-40)63-37)67-39-35(28(53)31(55-4)17(7-41)64-39)58-11-15(45)10-57-32-18(8-42)62-36(56-5)24(49)22(32)47/h13,15-43,45-53H,6-12H2,1-5H3. The summed E-state index contributed by atoms with van der Waals surface area (Å²) < 4.78 is 79.0. The Bertz CT molecular complexity index is 1470. The summed E-state index contributed by atoms with van der Waals surface area (Å²) in [5.74, 6) is -0.785. The molecule has 0 aromatic heterocycles. The summed E-state index contributed by atoms with van der Waals surface area (Å²) in [6, 6.07) is 0. The van der Waals surface area contributed by atoms with E-state index in [1.807, 2.05) is 0 Å². The second-order valence-electron chi connectivity index (χ2n) is 16.7. The summed E-state index contributed by atoms with van der Waals surface area (Å²) in [7, 11) is 3.62. The number of carbonyl (C=O) groups excluding carboxylic acids is 1. The SMILES string of the molecule is COC1OC(CO)C(OCC(O)COC2C(OC3C(COC4OC(CO)C(OC)C(O)C4O)OC(OC4C(CO)OC(C)C(OC(C)=O)C4O)C(O)C3O)OC(CO)C(OC)C2O)C(O)C1O. The maximum absolute atomic E-state index is 11.9. The van der Waals surface area contributed by atoms with Crippen molar-refractivity contribution in [3.63, 3.8) is 0 Å². The number of methoxy groups -OCH3 is 3. The zero-order valence-corrected chi connectivity index (χ0v) is 37.4. The van der Waals surface area contributed by atoms with Gasteiger partial charge in [-0.25, -0.2) is 0 Å². The number of esters is 1. The van der Waals surface area contributed by atoms with E-state index in [0.717, 1.165) is 6.92 Å². The molecule has 0 radical (unpaired) electrons. The Morgan fingerprint density at radius 1 is 0.463 bits per heavy atom. The Labute approximate surface area is 384 Å². The van der Waals surface area contributed by atoms with E-state index >= 15 is 0 Å². The maximum Gasteiger partial charge on any atom is 0.303 e. The number of aliphatic hydroxyl groups excluding tert-OH is 13. The lowest BCUT2D eigenvalue weighted by molar-refractivity contribution is -0.382. The van der Waals surface area contributed by atoms with Gasteiger partial charge in [0.2, 0.25) is 0 Å². The van der Waals surface area contributed by atoms with Crippen LogP contribution >= 0.6 is 0 Å². The molecule has 0 bridgehead atoms. The number of ether oxygens (including phenoxy) is 14. The molecule has 5 fully saturated rings. The molecule has 28 heteroatoms. The number of hydrogen-bond donors (Lipinski definition) is 13. The highest BCUT2D eigenvalue weighted by atomic mass is 16.8. The van der Waals surface area contributed by atoms with E-state index in [2.05, 4.69) is 0 Å². The monoisotopic (exact) mass is 984 g/mol. The van der Waals surface area contributed by atoms with E-state index in [-0.39, 0.29) is 0 Å². The van der Waals surface area contributed by atoms with Crippen LogP contribution < -0.4 is 0 Å². The average Bonchev–Trinajstić information content (AvgIpc) is 3.31. The minimum absolute atomic E-state index is 0.596. The summed E-state index contributed by atoms with van der Waals surface area (Å²) in [6.45, 7) is -2.33. The first kappa shape index (κ1) is 56.3. The van der Waals surface area contributed by atoms with E-state index < -0.39 is 212 Å². The van der Waals surface area contributed by atoms with Crippen LogP contribution in [-0.2, 0) is 71.1 Å². The summed E-state index contributed by atoms with van der Waals surface area (Å²) >= 11 is 0. The van der Waals surface area contributed by atoms with Crippen molar-refractivity contribution in [1.82, 2.24) is 0 Å². The zero-order valence-electron chi connectivity index (χ0n) is 37.4. The van der Waals surface area contributed by atoms with Crippen molar-refractivity contribution in [1.29, 1.82) is 0 Å². The van der Waals surface area contributed by atoms with Crippen molar-refractivity contribution in [2.75, 3.05) is 67.6 Å². The maximum atomic E-state index is 11.9. The molecule has 0 amide bonds. The third kappa shape index (κ3) is 12.9. The fraction of sp³-hybridized carbons (Fsp3) is 0.974. The largest absolute Gasteiger partial charge is 0.457 e. The second kappa shape index (κ2) is 25.7. The molecule has 5 aliphatic rings. The molecular weight excluding hydrogens is 916 g/mol. The van der Waals surface area contributed by atoms with E-state index in [9.17, 15) is 71.2 Å². The summed E-state index contributed by atoms with van der Waals surface area (Å²) in [5, 5.41) is 140. The third-order valence-corrected chi connectivity index (χ3v) is 12.2. The van der Waals surface area contributed by atoms with Gasteiger partial charge in [0.1, 0.15) is 122 Å². The number of carbonyl (C=O) groups is 1. The van der Waals surface area contributed by atoms with Gasteiger partial charge in [-0.15, -0.1) is 0 Å². The molecule has 0 aromatic rings. The van der Waals surface area contributed by atoms with E-state index in [0.29, 0.717) is 0 Å². The van der Waals surface area contributed by atoms with Crippen LogP contribution in [0.5, 0.6) is 0 Å². The van der Waals surface area contributed by atoms with Crippen LogP contribution in [0.2, 0.25) is 0 Å². The first-order valence-corrected chi connectivity index (χ1v) is 21.6. The van der Waals surface area contributed by atoms with Crippen LogP contribution in [0.1, 0.15) is 13.8 Å². The smallest absolute Gasteiger partial charge is 0.303 e. The van der Waals surface area contributed by atoms with Crippen molar-refractivity contribution >= 4 is 5.97 Å². The lowest BCUT2D eigenvalue weighted by atomic mass is 9.94. The summed E-state index contributed by atoms with van der Waals surface area (Å²) in [6.07, 6.45) is -40.3. The van der Waals surface area contributed by atoms with Crippen molar-refractivity contribution < 1.29 is 137 Å². The minimum Gasteiger partial charge on any atom is -0.457 e. The Morgan fingerprint density at radius 3 is 1.45 bits per heavy atom. The molecule has 67 heavy (non-hydrogen) atoms. The topological polar surface area (TPSA) is 409 Å². The average molecular weight is 985 g/mol. The Balaban J connectivity index is 1.39. The predicted octanol–water partition coefficient (Wildman–Crippen LogP) is -8.94. The molecule has 26 atom stereocenters. The van der Waals surface area contributed by atoms with Crippen molar-refractivity contribution in [3.05, 3.63) is 0 Å². The summed E-state index contributed by atoms with van der Waals surface area (Å²) in [5.41, 5.74) is 0. The van der Waals surface area contributed by atoms with Gasteiger partial charge in [-0.3, -0.25) is 4.79 Å². The van der Waals surface area contributed by atoms with Gasteiger partial charge < -0.3 is 133 Å². The Kier molecular flexibility index (Phi) is 21.6. The molecular formula is C39H68O28. The Hall–Kier alpha value is -1.57. The molecule has 0 aliphatic carbocycles. The van der Waals surface area contributed by atoms with Crippen LogP contribution in [0.3, 0.4) is 0 Å². The molecule has 13 N–H and O–H groups in total. The number of hydrogen-bond acceptors (Lipinski definition) is 28. The van der Waals surface area contributed by atoms with Gasteiger partial charge in [-0.2, -0.15) is 0 Å².